The van der Waals surface area contributed by atoms with E-state index >= 15 is 0 Å². The summed E-state index contributed by atoms with van der Waals surface area (Å²) in [6.07, 6.45) is 7.48. The second kappa shape index (κ2) is 3.46. The number of hydrogen-bond donors (Lipinski definition) is 0. The fourth-order valence-corrected chi connectivity index (χ4v) is 3.68. The molecule has 0 N–H and O–H groups in total. The predicted molar refractivity (Wildman–Crippen MR) is 61.7 cm³/mol. The van der Waals surface area contributed by atoms with E-state index in [-0.39, 0.29) is 0 Å². The molecule has 0 bridgehead atoms. The molecule has 2 atom stereocenters. The van der Waals surface area contributed by atoms with Crippen LogP contribution in [0.25, 0.3) is 0 Å². The van der Waals surface area contributed by atoms with Crippen LogP contribution in [-0.4, -0.2) is 28.0 Å². The molecule has 0 spiro atoms. The lowest BCUT2D eigenvalue weighted by atomic mass is 9.91. The van der Waals surface area contributed by atoms with Crippen LogP contribution in [0.4, 0.5) is 0 Å². The van der Waals surface area contributed by atoms with Gasteiger partial charge < -0.3 is 4.90 Å². The van der Waals surface area contributed by atoms with Crippen LogP contribution in [0.1, 0.15) is 25.7 Å². The van der Waals surface area contributed by atoms with Crippen molar-refractivity contribution in [3.8, 4) is 0 Å². The molecule has 2 heterocycles. The van der Waals surface area contributed by atoms with E-state index in [0.29, 0.717) is 18.0 Å². The first-order valence-corrected chi connectivity index (χ1v) is 6.54. The van der Waals surface area contributed by atoms with Crippen molar-refractivity contribution >= 4 is 28.5 Å². The Hall–Kier alpha value is -0.150. The second-order valence-electron chi connectivity index (χ2n) is 4.07. The Kier molecular flexibility index (Phi) is 2.25. The number of amidine groups is 1. The van der Waals surface area contributed by atoms with Gasteiger partial charge in [0.2, 0.25) is 0 Å². The van der Waals surface area contributed by atoms with E-state index in [9.17, 15) is 0 Å². The number of halogens is 1. The maximum Gasteiger partial charge on any atom is 0.168 e. The van der Waals surface area contributed by atoms with Gasteiger partial charge in [0.15, 0.2) is 5.17 Å². The molecule has 1 aliphatic carbocycles. The average Bonchev–Trinajstić information content (AvgIpc) is 2.73. The molecular weight excluding hydrogens is 216 g/mol. The Morgan fingerprint density at radius 2 is 2.36 bits per heavy atom. The maximum absolute atomic E-state index is 5.82. The summed E-state index contributed by atoms with van der Waals surface area (Å²) >= 11 is 7.58. The van der Waals surface area contributed by atoms with E-state index in [4.69, 9.17) is 16.6 Å². The first-order valence-electron chi connectivity index (χ1n) is 5.19. The highest BCUT2D eigenvalue weighted by molar-refractivity contribution is 8.17. The van der Waals surface area contributed by atoms with Crippen LogP contribution in [0, 0.1) is 0 Å². The van der Waals surface area contributed by atoms with E-state index in [0.717, 1.165) is 0 Å². The monoisotopic (exact) mass is 228 g/mol. The quantitative estimate of drug-likeness (QED) is 0.642. The molecule has 0 radical (unpaired) electrons. The smallest absolute Gasteiger partial charge is 0.168 e. The van der Waals surface area contributed by atoms with Gasteiger partial charge in [0.25, 0.3) is 0 Å². The average molecular weight is 229 g/mol. The molecule has 0 amide bonds. The van der Waals surface area contributed by atoms with Gasteiger partial charge in [0, 0.05) is 11.1 Å². The predicted octanol–water partition coefficient (Wildman–Crippen LogP) is 2.80. The van der Waals surface area contributed by atoms with Crippen molar-refractivity contribution in [3.63, 3.8) is 0 Å². The third-order valence-electron chi connectivity index (χ3n) is 3.19. The summed E-state index contributed by atoms with van der Waals surface area (Å²) in [5.41, 5.74) is 0. The van der Waals surface area contributed by atoms with Gasteiger partial charge in [0.1, 0.15) is 0 Å². The lowest BCUT2D eigenvalue weighted by Crippen LogP contribution is -2.35. The molecule has 76 valence electrons. The molecule has 0 aromatic heterocycles. The molecule has 4 heteroatoms. The normalized spacial score (nSPS) is 35.1. The second-order valence-corrected chi connectivity index (χ2v) is 5.43. The molecule has 3 rings (SSSR count). The van der Waals surface area contributed by atoms with E-state index in [1.807, 2.05) is 0 Å². The van der Waals surface area contributed by atoms with Crippen molar-refractivity contribution in [2.45, 2.75) is 37.8 Å². The van der Waals surface area contributed by atoms with Gasteiger partial charge in [0.05, 0.1) is 18.0 Å². The van der Waals surface area contributed by atoms with Gasteiger partial charge in [-0.2, -0.15) is 0 Å². The minimum Gasteiger partial charge on any atom is -0.322 e. The molecular formula is C10H13ClN2S. The van der Waals surface area contributed by atoms with Gasteiger partial charge in [-0.15, -0.1) is 11.6 Å². The van der Waals surface area contributed by atoms with Crippen LogP contribution in [0.2, 0.25) is 0 Å². The van der Waals surface area contributed by atoms with Crippen LogP contribution >= 0.6 is 23.4 Å². The van der Waals surface area contributed by atoms with Crippen molar-refractivity contribution in [2.75, 3.05) is 5.88 Å². The van der Waals surface area contributed by atoms with E-state index in [1.165, 1.54) is 35.8 Å². The zero-order chi connectivity index (χ0) is 9.54. The Balaban J connectivity index is 1.84. The minimum atomic E-state index is 0.569. The number of alkyl halides is 1. The van der Waals surface area contributed by atoms with Crippen LogP contribution in [-0.2, 0) is 0 Å². The molecule has 2 unspecified atom stereocenters. The molecule has 0 aromatic carbocycles. The summed E-state index contributed by atoms with van der Waals surface area (Å²) in [5, 5.41) is 1.19. The summed E-state index contributed by atoms with van der Waals surface area (Å²) in [6.45, 7) is 0. The molecule has 14 heavy (non-hydrogen) atoms. The number of fused-ring (bicyclic) bond motifs is 3. The number of hydrogen-bond acceptors (Lipinski definition) is 3. The van der Waals surface area contributed by atoms with Gasteiger partial charge in [-0.1, -0.05) is 24.6 Å². The highest BCUT2D eigenvalue weighted by Gasteiger charge is 2.39. The number of nitrogens with zero attached hydrogens (tertiary/aromatic N) is 2. The third kappa shape index (κ3) is 1.29. The molecule has 2 aliphatic heterocycles. The standard InChI is InChI=1S/C10H13ClN2S/c11-5-7-6-13-9-4-2-1-3-8(9)12-10(13)14-7/h6,8-9H,1-5H2. The number of rotatable bonds is 1. The molecule has 2 nitrogen and oxygen atoms in total. The summed E-state index contributed by atoms with van der Waals surface area (Å²) in [7, 11) is 0. The van der Waals surface area contributed by atoms with Crippen molar-refractivity contribution in [1.29, 1.82) is 0 Å². The molecule has 3 aliphatic rings. The SMILES string of the molecule is ClCC1=CN2C(=NC3CCCCC32)S1. The van der Waals surface area contributed by atoms with E-state index < -0.39 is 0 Å². The zero-order valence-corrected chi connectivity index (χ0v) is 9.52. The Morgan fingerprint density at radius 3 is 3.21 bits per heavy atom. The third-order valence-corrected chi connectivity index (χ3v) is 4.64. The topological polar surface area (TPSA) is 15.6 Å². The summed E-state index contributed by atoms with van der Waals surface area (Å²) in [5.74, 6) is 0.623. The summed E-state index contributed by atoms with van der Waals surface area (Å²) in [4.78, 5) is 8.36. The van der Waals surface area contributed by atoms with Crippen LogP contribution < -0.4 is 0 Å². The number of thioether (sulfide) groups is 1. The van der Waals surface area contributed by atoms with Crippen LogP contribution in [0.5, 0.6) is 0 Å². The van der Waals surface area contributed by atoms with Gasteiger partial charge in [-0.3, -0.25) is 4.99 Å². The Labute approximate surface area is 93.4 Å². The minimum absolute atomic E-state index is 0.569. The van der Waals surface area contributed by atoms with Gasteiger partial charge >= 0.3 is 0 Å². The van der Waals surface area contributed by atoms with Gasteiger partial charge in [-0.05, 0) is 12.8 Å². The first kappa shape index (κ1) is 9.10. The van der Waals surface area contributed by atoms with Crippen molar-refractivity contribution in [1.82, 2.24) is 4.90 Å². The van der Waals surface area contributed by atoms with Crippen LogP contribution in [0.15, 0.2) is 16.1 Å². The number of aliphatic imine (C=N–C) groups is 1. The summed E-state index contributed by atoms with van der Waals surface area (Å²) < 4.78 is 0. The van der Waals surface area contributed by atoms with Gasteiger partial charge in [-0.25, -0.2) is 0 Å². The molecule has 1 saturated carbocycles. The lowest BCUT2D eigenvalue weighted by Gasteiger charge is -2.28. The molecule has 1 fully saturated rings. The highest BCUT2D eigenvalue weighted by Crippen LogP contribution is 2.40. The highest BCUT2D eigenvalue weighted by atomic mass is 35.5. The first-order chi connectivity index (χ1) is 6.88. The zero-order valence-electron chi connectivity index (χ0n) is 7.95. The fraction of sp³-hybridized carbons (Fsp3) is 0.700. The Bertz CT molecular complexity index is 313. The maximum atomic E-state index is 5.82. The molecule has 0 aromatic rings. The Morgan fingerprint density at radius 1 is 1.50 bits per heavy atom. The lowest BCUT2D eigenvalue weighted by molar-refractivity contribution is 0.296. The summed E-state index contributed by atoms with van der Waals surface area (Å²) in [6, 6.07) is 1.21. The van der Waals surface area contributed by atoms with E-state index in [2.05, 4.69) is 11.1 Å². The van der Waals surface area contributed by atoms with Crippen LogP contribution in [0.3, 0.4) is 0 Å². The van der Waals surface area contributed by atoms with E-state index in [1.54, 1.807) is 11.8 Å². The largest absolute Gasteiger partial charge is 0.322 e. The number of allylic oxidation sites excluding steroid dienone is 1. The molecule has 0 saturated heterocycles. The van der Waals surface area contributed by atoms with Crippen molar-refractivity contribution < 1.29 is 0 Å². The van der Waals surface area contributed by atoms with Crippen molar-refractivity contribution in [3.05, 3.63) is 11.1 Å². The van der Waals surface area contributed by atoms with Crippen molar-refractivity contribution in [2.24, 2.45) is 4.99 Å². The fourth-order valence-electron chi connectivity index (χ4n) is 2.51.